The Morgan fingerprint density at radius 3 is 2.78 bits per heavy atom. The van der Waals surface area contributed by atoms with Gasteiger partial charge in [-0.2, -0.15) is 11.8 Å². The monoisotopic (exact) mass is 327 g/mol. The molecule has 1 aromatic carbocycles. The van der Waals surface area contributed by atoms with Crippen LogP contribution in [0.5, 0.6) is 0 Å². The highest BCUT2D eigenvalue weighted by Crippen LogP contribution is 2.36. The van der Waals surface area contributed by atoms with Gasteiger partial charge in [-0.05, 0) is 49.3 Å². The molecular formula is C15H22BrNS. The van der Waals surface area contributed by atoms with E-state index >= 15 is 0 Å². The van der Waals surface area contributed by atoms with Crippen LogP contribution in [0.2, 0.25) is 0 Å². The number of rotatable bonds is 6. The van der Waals surface area contributed by atoms with E-state index in [1.807, 2.05) is 0 Å². The summed E-state index contributed by atoms with van der Waals surface area (Å²) >= 11 is 5.64. The van der Waals surface area contributed by atoms with Crippen LogP contribution in [0.4, 0.5) is 0 Å². The summed E-state index contributed by atoms with van der Waals surface area (Å²) in [5, 5.41) is 4.28. The van der Waals surface area contributed by atoms with E-state index in [-0.39, 0.29) is 0 Å². The molecular weight excluding hydrogens is 306 g/mol. The van der Waals surface area contributed by atoms with Gasteiger partial charge < -0.3 is 5.32 Å². The summed E-state index contributed by atoms with van der Waals surface area (Å²) in [6.45, 7) is 3.45. The van der Waals surface area contributed by atoms with Crippen molar-refractivity contribution < 1.29 is 0 Å². The molecule has 0 bridgehead atoms. The number of nitrogens with one attached hydrogen (secondary N) is 1. The van der Waals surface area contributed by atoms with Crippen LogP contribution in [0, 0.1) is 0 Å². The van der Waals surface area contributed by atoms with Crippen LogP contribution in [0.25, 0.3) is 0 Å². The predicted molar refractivity (Wildman–Crippen MR) is 85.3 cm³/mol. The Labute approximate surface area is 123 Å². The van der Waals surface area contributed by atoms with Gasteiger partial charge in [0.05, 0.1) is 0 Å². The van der Waals surface area contributed by atoms with Crippen LogP contribution in [-0.2, 0) is 0 Å². The Hall–Kier alpha value is 0.01000. The van der Waals surface area contributed by atoms with Gasteiger partial charge in [0.15, 0.2) is 0 Å². The Bertz CT molecular complexity index is 346. The van der Waals surface area contributed by atoms with Gasteiger partial charge in [-0.3, -0.25) is 0 Å². The Morgan fingerprint density at radius 1 is 1.39 bits per heavy atom. The number of hydrogen-bond donors (Lipinski definition) is 1. The van der Waals surface area contributed by atoms with E-state index < -0.39 is 0 Å². The maximum absolute atomic E-state index is 3.66. The molecule has 1 nitrogen and oxygen atoms in total. The molecule has 0 aromatic heterocycles. The zero-order chi connectivity index (χ0) is 12.8. The minimum Gasteiger partial charge on any atom is -0.313 e. The SMILES string of the molecule is CCCCSC(c1ccc(Br)cc1)[C@@H]1CCCN1. The third-order valence-electron chi connectivity index (χ3n) is 3.46. The summed E-state index contributed by atoms with van der Waals surface area (Å²) in [5.74, 6) is 1.27. The summed E-state index contributed by atoms with van der Waals surface area (Å²) in [4.78, 5) is 0. The molecule has 1 aromatic rings. The number of benzene rings is 1. The molecule has 0 saturated carbocycles. The van der Waals surface area contributed by atoms with Gasteiger partial charge >= 0.3 is 0 Å². The van der Waals surface area contributed by atoms with E-state index in [0.29, 0.717) is 11.3 Å². The van der Waals surface area contributed by atoms with Gasteiger partial charge in [0.1, 0.15) is 0 Å². The largest absolute Gasteiger partial charge is 0.313 e. The second kappa shape index (κ2) is 7.56. The molecule has 2 atom stereocenters. The molecule has 1 saturated heterocycles. The lowest BCUT2D eigenvalue weighted by atomic mass is 10.0. The molecule has 1 fully saturated rings. The number of thioether (sulfide) groups is 1. The first-order valence-electron chi connectivity index (χ1n) is 6.91. The van der Waals surface area contributed by atoms with Crippen molar-refractivity contribution in [1.82, 2.24) is 5.32 Å². The fraction of sp³-hybridized carbons (Fsp3) is 0.600. The Kier molecular flexibility index (Phi) is 6.06. The minimum atomic E-state index is 0.618. The molecule has 2 rings (SSSR count). The molecule has 3 heteroatoms. The minimum absolute atomic E-state index is 0.618. The van der Waals surface area contributed by atoms with Crippen LogP contribution in [-0.4, -0.2) is 18.3 Å². The van der Waals surface area contributed by atoms with E-state index in [0.717, 1.165) is 0 Å². The normalized spacial score (nSPS) is 21.1. The van der Waals surface area contributed by atoms with Crippen molar-refractivity contribution in [2.45, 2.75) is 43.9 Å². The molecule has 0 radical (unpaired) electrons. The number of hydrogen-bond acceptors (Lipinski definition) is 2. The van der Waals surface area contributed by atoms with Gasteiger partial charge in [0, 0.05) is 15.8 Å². The third kappa shape index (κ3) is 4.01. The fourth-order valence-electron chi connectivity index (χ4n) is 2.42. The summed E-state index contributed by atoms with van der Waals surface area (Å²) in [6, 6.07) is 9.53. The van der Waals surface area contributed by atoms with Crippen LogP contribution in [0.1, 0.15) is 43.4 Å². The van der Waals surface area contributed by atoms with Crippen molar-refractivity contribution >= 4 is 27.7 Å². The highest BCUT2D eigenvalue weighted by atomic mass is 79.9. The van der Waals surface area contributed by atoms with E-state index in [9.17, 15) is 0 Å². The van der Waals surface area contributed by atoms with Crippen LogP contribution in [0.15, 0.2) is 28.7 Å². The number of unbranched alkanes of at least 4 members (excludes halogenated alkanes) is 1. The van der Waals surface area contributed by atoms with E-state index in [1.54, 1.807) is 0 Å². The molecule has 1 N–H and O–H groups in total. The molecule has 100 valence electrons. The van der Waals surface area contributed by atoms with Crippen LogP contribution >= 0.6 is 27.7 Å². The van der Waals surface area contributed by atoms with E-state index in [2.05, 4.69) is 64.2 Å². The molecule has 1 aliphatic rings. The first-order chi connectivity index (χ1) is 8.81. The highest BCUT2D eigenvalue weighted by molar-refractivity contribution is 9.10. The lowest BCUT2D eigenvalue weighted by molar-refractivity contribution is 0.591. The zero-order valence-electron chi connectivity index (χ0n) is 11.0. The quantitative estimate of drug-likeness (QED) is 0.755. The molecule has 18 heavy (non-hydrogen) atoms. The zero-order valence-corrected chi connectivity index (χ0v) is 13.4. The van der Waals surface area contributed by atoms with Crippen LogP contribution < -0.4 is 5.32 Å². The maximum Gasteiger partial charge on any atom is 0.0450 e. The molecule has 0 amide bonds. The van der Waals surface area contributed by atoms with Crippen molar-refractivity contribution in [3.05, 3.63) is 34.3 Å². The topological polar surface area (TPSA) is 12.0 Å². The predicted octanol–water partition coefficient (Wildman–Crippen LogP) is 4.78. The van der Waals surface area contributed by atoms with Crippen molar-refractivity contribution in [3.8, 4) is 0 Å². The molecule has 1 heterocycles. The molecule has 1 unspecified atom stereocenters. The van der Waals surface area contributed by atoms with Gasteiger partial charge in [-0.25, -0.2) is 0 Å². The fourth-order valence-corrected chi connectivity index (χ4v) is 4.21. The molecule has 1 aliphatic heterocycles. The lowest BCUT2D eigenvalue weighted by Crippen LogP contribution is -2.27. The third-order valence-corrected chi connectivity index (χ3v) is 5.47. The first kappa shape index (κ1) is 14.4. The van der Waals surface area contributed by atoms with Crippen molar-refractivity contribution in [2.75, 3.05) is 12.3 Å². The van der Waals surface area contributed by atoms with Gasteiger partial charge in [0.2, 0.25) is 0 Å². The summed E-state index contributed by atoms with van der Waals surface area (Å²) in [5.41, 5.74) is 1.47. The maximum atomic E-state index is 3.66. The van der Waals surface area contributed by atoms with Gasteiger partial charge in [-0.15, -0.1) is 0 Å². The van der Waals surface area contributed by atoms with Crippen molar-refractivity contribution in [1.29, 1.82) is 0 Å². The van der Waals surface area contributed by atoms with E-state index in [4.69, 9.17) is 0 Å². The summed E-state index contributed by atoms with van der Waals surface area (Å²) in [6.07, 6.45) is 5.26. The highest BCUT2D eigenvalue weighted by Gasteiger charge is 2.25. The van der Waals surface area contributed by atoms with Crippen molar-refractivity contribution in [2.24, 2.45) is 0 Å². The summed E-state index contributed by atoms with van der Waals surface area (Å²) in [7, 11) is 0. The number of halogens is 1. The average molecular weight is 328 g/mol. The van der Waals surface area contributed by atoms with Crippen molar-refractivity contribution in [3.63, 3.8) is 0 Å². The lowest BCUT2D eigenvalue weighted by Gasteiger charge is -2.24. The molecule has 0 spiro atoms. The van der Waals surface area contributed by atoms with Gasteiger partial charge in [-0.1, -0.05) is 41.4 Å². The first-order valence-corrected chi connectivity index (χ1v) is 8.76. The Balaban J connectivity index is 2.05. The summed E-state index contributed by atoms with van der Waals surface area (Å²) < 4.78 is 1.17. The average Bonchev–Trinajstić information content (AvgIpc) is 2.90. The standard InChI is InChI=1S/C15H22BrNS/c1-2-3-11-18-15(14-5-4-10-17-14)12-6-8-13(16)9-7-12/h6-9,14-15,17H,2-5,10-11H2,1H3/t14-,15?/m0/s1. The molecule has 0 aliphatic carbocycles. The second-order valence-corrected chi connectivity index (χ2v) is 7.06. The van der Waals surface area contributed by atoms with E-state index in [1.165, 1.54) is 48.0 Å². The Morgan fingerprint density at radius 2 is 2.17 bits per heavy atom. The smallest absolute Gasteiger partial charge is 0.0450 e. The second-order valence-electron chi connectivity index (χ2n) is 4.90. The van der Waals surface area contributed by atoms with Gasteiger partial charge in [0.25, 0.3) is 0 Å². The van der Waals surface area contributed by atoms with Crippen LogP contribution in [0.3, 0.4) is 0 Å².